The number of allylic oxidation sites excluding steroid dienone is 1. The number of halogens is 1. The molecular formula is C29H32ClN3O5S. The number of likely N-dealkylation sites (N-methyl/N-ethyl adjacent to an activating group) is 1. The molecule has 0 radical (unpaired) electrons. The lowest BCUT2D eigenvalue weighted by atomic mass is 9.94. The molecule has 1 atom stereocenters. The minimum absolute atomic E-state index is 0.158. The number of carbonyl (C=O) groups is 1. The molecule has 8 nitrogen and oxygen atoms in total. The van der Waals surface area contributed by atoms with Crippen molar-refractivity contribution in [2.75, 3.05) is 33.9 Å². The first-order valence-corrected chi connectivity index (χ1v) is 13.9. The van der Waals surface area contributed by atoms with E-state index in [1.807, 2.05) is 52.0 Å². The quantitative estimate of drug-likeness (QED) is 0.386. The average Bonchev–Trinajstić information content (AvgIpc) is 3.22. The number of fused-ring (bicyclic) bond motifs is 1. The maximum absolute atomic E-state index is 14.0. The maximum atomic E-state index is 14.0. The van der Waals surface area contributed by atoms with Gasteiger partial charge in [-0.3, -0.25) is 14.2 Å². The van der Waals surface area contributed by atoms with E-state index < -0.39 is 6.04 Å². The van der Waals surface area contributed by atoms with Gasteiger partial charge in [-0.2, -0.15) is 0 Å². The Morgan fingerprint density at radius 2 is 1.85 bits per heavy atom. The van der Waals surface area contributed by atoms with Gasteiger partial charge in [0, 0.05) is 18.7 Å². The van der Waals surface area contributed by atoms with Gasteiger partial charge in [-0.05, 0) is 57.5 Å². The first-order chi connectivity index (χ1) is 18.8. The second-order valence-electron chi connectivity index (χ2n) is 8.77. The van der Waals surface area contributed by atoms with Crippen molar-refractivity contribution in [1.82, 2.24) is 9.47 Å². The minimum Gasteiger partial charge on any atom is -0.496 e. The molecule has 0 aliphatic carbocycles. The molecule has 0 fully saturated rings. The normalized spacial score (nSPS) is 15.1. The molecular weight excluding hydrogens is 538 g/mol. The predicted octanol–water partition coefficient (Wildman–Crippen LogP) is 4.17. The highest BCUT2D eigenvalue weighted by Gasteiger charge is 2.35. The molecule has 0 saturated heterocycles. The van der Waals surface area contributed by atoms with Crippen LogP contribution in [0.25, 0.3) is 6.08 Å². The molecule has 206 valence electrons. The SMILES string of the molecule is CCOc1cc(/C=c2\sc3n(c2=O)[C@H](c2ccccc2OC)C(C(=O)N(CC)CC)=C(C)N=3)cc(Cl)c1OC. The van der Waals surface area contributed by atoms with Gasteiger partial charge < -0.3 is 19.1 Å². The summed E-state index contributed by atoms with van der Waals surface area (Å²) < 4.78 is 18.8. The van der Waals surface area contributed by atoms with Crippen LogP contribution in [0.3, 0.4) is 0 Å². The van der Waals surface area contributed by atoms with Gasteiger partial charge in [0.2, 0.25) is 0 Å². The fourth-order valence-corrected chi connectivity index (χ4v) is 6.09. The number of carbonyl (C=O) groups excluding carboxylic acids is 1. The first-order valence-electron chi connectivity index (χ1n) is 12.7. The van der Waals surface area contributed by atoms with Crippen molar-refractivity contribution in [2.24, 2.45) is 4.99 Å². The third-order valence-corrected chi connectivity index (χ3v) is 7.83. The van der Waals surface area contributed by atoms with Crippen LogP contribution in [0.2, 0.25) is 5.02 Å². The molecule has 2 aromatic carbocycles. The molecule has 0 unspecified atom stereocenters. The molecule has 3 aromatic rings. The van der Waals surface area contributed by atoms with E-state index in [0.29, 0.717) is 73.7 Å². The Bertz CT molecular complexity index is 1600. The summed E-state index contributed by atoms with van der Waals surface area (Å²) in [6.45, 7) is 9.05. The number of aromatic nitrogens is 1. The second-order valence-corrected chi connectivity index (χ2v) is 10.2. The monoisotopic (exact) mass is 569 g/mol. The number of amides is 1. The number of nitrogens with zero attached hydrogens (tertiary/aromatic N) is 3. The van der Waals surface area contributed by atoms with Crippen molar-refractivity contribution in [1.29, 1.82) is 0 Å². The summed E-state index contributed by atoms with van der Waals surface area (Å²) in [5.74, 6) is 1.35. The van der Waals surface area contributed by atoms with Crippen molar-refractivity contribution in [2.45, 2.75) is 33.7 Å². The van der Waals surface area contributed by atoms with Gasteiger partial charge in [-0.25, -0.2) is 4.99 Å². The van der Waals surface area contributed by atoms with Gasteiger partial charge in [0.15, 0.2) is 16.3 Å². The van der Waals surface area contributed by atoms with Gasteiger partial charge in [0.05, 0.1) is 41.7 Å². The number of benzene rings is 2. The summed E-state index contributed by atoms with van der Waals surface area (Å²) in [5.41, 5.74) is 2.15. The number of hydrogen-bond donors (Lipinski definition) is 0. The van der Waals surface area contributed by atoms with Crippen LogP contribution in [0.4, 0.5) is 0 Å². The highest BCUT2D eigenvalue weighted by atomic mass is 35.5. The van der Waals surface area contributed by atoms with Gasteiger partial charge in [0.25, 0.3) is 11.5 Å². The minimum atomic E-state index is -0.703. The Morgan fingerprint density at radius 3 is 2.49 bits per heavy atom. The molecule has 0 bridgehead atoms. The largest absolute Gasteiger partial charge is 0.496 e. The number of para-hydroxylation sites is 1. The van der Waals surface area contributed by atoms with Crippen LogP contribution < -0.4 is 29.1 Å². The zero-order chi connectivity index (χ0) is 28.3. The van der Waals surface area contributed by atoms with Crippen LogP contribution in [0, 0.1) is 0 Å². The molecule has 4 rings (SSSR count). The maximum Gasteiger partial charge on any atom is 0.271 e. The first kappa shape index (κ1) is 28.4. The van der Waals surface area contributed by atoms with Gasteiger partial charge in [-0.15, -0.1) is 0 Å². The molecule has 1 amide bonds. The smallest absolute Gasteiger partial charge is 0.271 e. The van der Waals surface area contributed by atoms with Crippen molar-refractivity contribution in [3.05, 3.63) is 83.5 Å². The molecule has 2 heterocycles. The van der Waals surface area contributed by atoms with E-state index in [2.05, 4.69) is 0 Å². The van der Waals surface area contributed by atoms with Gasteiger partial charge in [-0.1, -0.05) is 41.1 Å². The number of methoxy groups -OCH3 is 2. The fourth-order valence-electron chi connectivity index (χ4n) is 4.75. The summed E-state index contributed by atoms with van der Waals surface area (Å²) in [7, 11) is 3.10. The van der Waals surface area contributed by atoms with Crippen LogP contribution in [0.15, 0.2) is 57.5 Å². The predicted molar refractivity (Wildman–Crippen MR) is 154 cm³/mol. The average molecular weight is 570 g/mol. The third kappa shape index (κ3) is 5.33. The van der Waals surface area contributed by atoms with E-state index in [4.69, 9.17) is 30.8 Å². The number of ether oxygens (including phenoxy) is 3. The van der Waals surface area contributed by atoms with Crippen molar-refractivity contribution in [3.63, 3.8) is 0 Å². The molecule has 10 heteroatoms. The van der Waals surface area contributed by atoms with Crippen molar-refractivity contribution >= 4 is 34.9 Å². The molecule has 0 spiro atoms. The second kappa shape index (κ2) is 12.1. The fraction of sp³-hybridized carbons (Fsp3) is 0.345. The van der Waals surface area contributed by atoms with Gasteiger partial charge >= 0.3 is 0 Å². The Kier molecular flexibility index (Phi) is 8.82. The number of thiazole rings is 1. The zero-order valence-electron chi connectivity index (χ0n) is 22.9. The van der Waals surface area contributed by atoms with Crippen LogP contribution >= 0.6 is 22.9 Å². The van der Waals surface area contributed by atoms with Gasteiger partial charge in [0.1, 0.15) is 11.8 Å². The number of hydrogen-bond acceptors (Lipinski definition) is 7. The number of rotatable bonds is 9. The van der Waals surface area contributed by atoms with E-state index in [1.54, 1.807) is 34.8 Å². The summed E-state index contributed by atoms with van der Waals surface area (Å²) >= 11 is 7.71. The molecule has 1 aliphatic heterocycles. The lowest BCUT2D eigenvalue weighted by Gasteiger charge is -2.29. The van der Waals surface area contributed by atoms with E-state index in [1.165, 1.54) is 18.4 Å². The topological polar surface area (TPSA) is 82.4 Å². The molecule has 1 aromatic heterocycles. The Balaban J connectivity index is 1.98. The Morgan fingerprint density at radius 1 is 1.13 bits per heavy atom. The molecule has 39 heavy (non-hydrogen) atoms. The lowest BCUT2D eigenvalue weighted by molar-refractivity contribution is -0.127. The molecule has 0 saturated carbocycles. The van der Waals surface area contributed by atoms with E-state index in [0.717, 1.165) is 0 Å². The summed E-state index contributed by atoms with van der Waals surface area (Å²) in [4.78, 5) is 34.8. The molecule has 1 aliphatic rings. The summed E-state index contributed by atoms with van der Waals surface area (Å²) in [6.07, 6.45) is 1.75. The van der Waals surface area contributed by atoms with Crippen LogP contribution in [0.5, 0.6) is 17.2 Å². The Labute approximate surface area is 236 Å². The van der Waals surface area contributed by atoms with Crippen LogP contribution in [-0.2, 0) is 4.79 Å². The van der Waals surface area contributed by atoms with E-state index in [9.17, 15) is 9.59 Å². The van der Waals surface area contributed by atoms with E-state index in [-0.39, 0.29) is 11.5 Å². The summed E-state index contributed by atoms with van der Waals surface area (Å²) in [6, 6.07) is 10.2. The highest BCUT2D eigenvalue weighted by molar-refractivity contribution is 7.07. The van der Waals surface area contributed by atoms with Crippen LogP contribution in [0.1, 0.15) is 44.9 Å². The summed E-state index contributed by atoms with van der Waals surface area (Å²) in [5, 5.41) is 0.373. The van der Waals surface area contributed by atoms with E-state index >= 15 is 0 Å². The van der Waals surface area contributed by atoms with Crippen molar-refractivity contribution in [3.8, 4) is 17.2 Å². The van der Waals surface area contributed by atoms with Crippen LogP contribution in [-0.4, -0.2) is 49.3 Å². The third-order valence-electron chi connectivity index (χ3n) is 6.57. The highest BCUT2D eigenvalue weighted by Crippen LogP contribution is 2.37. The molecule has 0 N–H and O–H groups in total. The Hall–Kier alpha value is -3.56. The standard InChI is InChI=1S/C29H32ClN3O5S/c1-7-32(8-2)28(35)24-17(4)31-29-33(25(24)19-12-10-11-13-21(19)36-5)27(34)23(39-29)16-18-14-20(30)26(37-6)22(15-18)38-9-3/h10-16,25H,7-9H2,1-6H3/b23-16-/t25-/m1/s1. The van der Waals surface area contributed by atoms with Crippen molar-refractivity contribution < 1.29 is 19.0 Å². The zero-order valence-corrected chi connectivity index (χ0v) is 24.5. The lowest BCUT2D eigenvalue weighted by Crippen LogP contribution is -2.43.